The predicted octanol–water partition coefficient (Wildman–Crippen LogP) is 2.32. The van der Waals surface area contributed by atoms with Gasteiger partial charge in [0.25, 0.3) is 0 Å². The van der Waals surface area contributed by atoms with Crippen LogP contribution in [0.2, 0.25) is 0 Å². The van der Waals surface area contributed by atoms with Crippen LogP contribution in [0.15, 0.2) is 12.2 Å². The molecule has 0 aromatic heterocycles. The lowest BCUT2D eigenvalue weighted by molar-refractivity contribution is -0.149. The number of carbonyl (C=O) groups excluding carboxylic acids is 2. The molecule has 0 bridgehead atoms. The van der Waals surface area contributed by atoms with Crippen molar-refractivity contribution >= 4 is 17.9 Å². The summed E-state index contributed by atoms with van der Waals surface area (Å²) in [6, 6.07) is 0. The third kappa shape index (κ3) is 8.83. The second kappa shape index (κ2) is 10.9. The lowest BCUT2D eigenvalue weighted by atomic mass is 9.95. The summed E-state index contributed by atoms with van der Waals surface area (Å²) in [5.41, 5.74) is -0.0737. The van der Waals surface area contributed by atoms with Gasteiger partial charge in [-0.25, -0.2) is 4.79 Å². The highest BCUT2D eigenvalue weighted by atomic mass is 16.5. The van der Waals surface area contributed by atoms with Crippen molar-refractivity contribution in [3.8, 4) is 0 Å². The summed E-state index contributed by atoms with van der Waals surface area (Å²) in [6.45, 7) is 7.77. The lowest BCUT2D eigenvalue weighted by Gasteiger charge is -2.15. The Morgan fingerprint density at radius 2 is 1.67 bits per heavy atom. The fourth-order valence-corrected chi connectivity index (χ4v) is 1.59. The van der Waals surface area contributed by atoms with Crippen LogP contribution in [0.25, 0.3) is 0 Å². The highest BCUT2D eigenvalue weighted by Crippen LogP contribution is 2.19. The number of rotatable bonds is 11. The molecule has 6 nitrogen and oxygen atoms in total. The van der Waals surface area contributed by atoms with E-state index in [4.69, 9.17) is 14.6 Å². The maximum Gasteiger partial charge on any atom is 0.330 e. The number of ether oxygens (including phenoxy) is 2. The Hall–Kier alpha value is -1.85. The molecule has 0 aliphatic rings. The van der Waals surface area contributed by atoms with Crippen molar-refractivity contribution in [3.05, 3.63) is 12.2 Å². The van der Waals surface area contributed by atoms with Crippen molar-refractivity contribution in [2.45, 2.75) is 46.0 Å². The van der Waals surface area contributed by atoms with E-state index in [1.54, 1.807) is 0 Å². The molecule has 21 heavy (non-hydrogen) atoms. The van der Waals surface area contributed by atoms with Gasteiger partial charge in [0.05, 0.1) is 19.1 Å². The van der Waals surface area contributed by atoms with Crippen LogP contribution in [0.4, 0.5) is 0 Å². The molecule has 0 radical (unpaired) electrons. The van der Waals surface area contributed by atoms with E-state index in [2.05, 4.69) is 6.58 Å². The molecular weight excluding hydrogens is 276 g/mol. The second-order valence-electron chi connectivity index (χ2n) is 4.74. The van der Waals surface area contributed by atoms with Crippen molar-refractivity contribution in [1.82, 2.24) is 0 Å². The standard InChI is InChI=1S/C15H24O6/c1-4-8-20-13(16)7-6-12(10-11(3)14(17)18)15(19)21-9-5-2/h12H,3-10H2,1-2H3,(H,17,18). The van der Waals surface area contributed by atoms with Gasteiger partial charge in [-0.05, 0) is 25.7 Å². The Morgan fingerprint density at radius 1 is 1.10 bits per heavy atom. The van der Waals surface area contributed by atoms with E-state index in [-0.39, 0.29) is 31.4 Å². The fraction of sp³-hybridized carbons (Fsp3) is 0.667. The van der Waals surface area contributed by atoms with Crippen LogP contribution in [-0.2, 0) is 23.9 Å². The number of hydrogen-bond donors (Lipinski definition) is 1. The molecule has 0 aliphatic heterocycles. The summed E-state index contributed by atoms with van der Waals surface area (Å²) in [6.07, 6.45) is 1.62. The molecule has 120 valence electrons. The summed E-state index contributed by atoms with van der Waals surface area (Å²) >= 11 is 0. The fourth-order valence-electron chi connectivity index (χ4n) is 1.59. The zero-order chi connectivity index (χ0) is 16.3. The Labute approximate surface area is 125 Å². The molecule has 1 N–H and O–H groups in total. The van der Waals surface area contributed by atoms with E-state index >= 15 is 0 Å². The molecule has 1 atom stereocenters. The van der Waals surface area contributed by atoms with Gasteiger partial charge in [0.2, 0.25) is 0 Å². The Bertz CT molecular complexity index is 374. The van der Waals surface area contributed by atoms with Gasteiger partial charge in [-0.2, -0.15) is 0 Å². The number of esters is 2. The average Bonchev–Trinajstić information content (AvgIpc) is 2.46. The third-order valence-corrected chi connectivity index (χ3v) is 2.74. The predicted molar refractivity (Wildman–Crippen MR) is 76.6 cm³/mol. The van der Waals surface area contributed by atoms with Crippen molar-refractivity contribution in [3.63, 3.8) is 0 Å². The molecule has 0 spiro atoms. The van der Waals surface area contributed by atoms with Crippen molar-refractivity contribution in [2.75, 3.05) is 13.2 Å². The first-order chi connectivity index (χ1) is 9.92. The largest absolute Gasteiger partial charge is 0.478 e. The Kier molecular flexibility index (Phi) is 9.92. The number of carboxylic acids is 1. The molecule has 0 aromatic rings. The minimum absolute atomic E-state index is 0.0288. The quantitative estimate of drug-likeness (QED) is 0.465. The molecule has 0 heterocycles. The molecular formula is C15H24O6. The Morgan fingerprint density at radius 3 is 2.19 bits per heavy atom. The smallest absolute Gasteiger partial charge is 0.330 e. The molecule has 6 heteroatoms. The van der Waals surface area contributed by atoms with E-state index in [0.717, 1.165) is 6.42 Å². The van der Waals surface area contributed by atoms with E-state index in [1.807, 2.05) is 13.8 Å². The lowest BCUT2D eigenvalue weighted by Crippen LogP contribution is -2.22. The van der Waals surface area contributed by atoms with Gasteiger partial charge < -0.3 is 14.6 Å². The molecule has 1 unspecified atom stereocenters. The van der Waals surface area contributed by atoms with Crippen LogP contribution < -0.4 is 0 Å². The Balaban J connectivity index is 4.50. The van der Waals surface area contributed by atoms with Gasteiger partial charge in [-0.3, -0.25) is 9.59 Å². The molecule has 0 aromatic carbocycles. The first-order valence-corrected chi connectivity index (χ1v) is 7.15. The van der Waals surface area contributed by atoms with Crippen molar-refractivity contribution in [2.24, 2.45) is 5.92 Å². The van der Waals surface area contributed by atoms with Crippen LogP contribution >= 0.6 is 0 Å². The minimum Gasteiger partial charge on any atom is -0.478 e. The maximum absolute atomic E-state index is 11.9. The zero-order valence-electron chi connectivity index (χ0n) is 12.7. The van der Waals surface area contributed by atoms with Gasteiger partial charge in [-0.15, -0.1) is 0 Å². The SMILES string of the molecule is C=C(CC(CCC(=O)OCCC)C(=O)OCCC)C(=O)O. The van der Waals surface area contributed by atoms with Gasteiger partial charge >= 0.3 is 17.9 Å². The van der Waals surface area contributed by atoms with Gasteiger partial charge in [-0.1, -0.05) is 20.4 Å². The van der Waals surface area contributed by atoms with E-state index in [9.17, 15) is 14.4 Å². The topological polar surface area (TPSA) is 89.9 Å². The summed E-state index contributed by atoms with van der Waals surface area (Å²) in [5, 5.41) is 8.84. The number of aliphatic carboxylic acids is 1. The highest BCUT2D eigenvalue weighted by Gasteiger charge is 2.24. The third-order valence-electron chi connectivity index (χ3n) is 2.74. The van der Waals surface area contributed by atoms with E-state index in [0.29, 0.717) is 13.0 Å². The summed E-state index contributed by atoms with van der Waals surface area (Å²) in [4.78, 5) is 34.1. The first-order valence-electron chi connectivity index (χ1n) is 7.15. The summed E-state index contributed by atoms with van der Waals surface area (Å²) in [7, 11) is 0. The minimum atomic E-state index is -1.16. The number of carboxylic acid groups (broad SMARTS) is 1. The average molecular weight is 300 g/mol. The van der Waals surface area contributed by atoms with Gasteiger partial charge in [0, 0.05) is 12.0 Å². The van der Waals surface area contributed by atoms with E-state index in [1.165, 1.54) is 0 Å². The van der Waals surface area contributed by atoms with Crippen molar-refractivity contribution < 1.29 is 29.0 Å². The normalized spacial score (nSPS) is 11.5. The molecule has 0 amide bonds. The molecule has 0 saturated carbocycles. The van der Waals surface area contributed by atoms with E-state index < -0.39 is 23.8 Å². The monoisotopic (exact) mass is 300 g/mol. The van der Waals surface area contributed by atoms with Gasteiger partial charge in [0.15, 0.2) is 0 Å². The number of hydrogen-bond acceptors (Lipinski definition) is 5. The summed E-state index contributed by atoms with van der Waals surface area (Å²) in [5.74, 6) is -2.74. The van der Waals surface area contributed by atoms with Crippen LogP contribution in [-0.4, -0.2) is 36.2 Å². The van der Waals surface area contributed by atoms with Crippen LogP contribution in [0.5, 0.6) is 0 Å². The first kappa shape index (κ1) is 19.1. The molecule has 0 aliphatic carbocycles. The highest BCUT2D eigenvalue weighted by molar-refractivity contribution is 5.87. The van der Waals surface area contributed by atoms with Crippen LogP contribution in [0.3, 0.4) is 0 Å². The maximum atomic E-state index is 11.9. The van der Waals surface area contributed by atoms with Crippen LogP contribution in [0, 0.1) is 5.92 Å². The van der Waals surface area contributed by atoms with Crippen molar-refractivity contribution in [1.29, 1.82) is 0 Å². The number of carbonyl (C=O) groups is 3. The molecule has 0 saturated heterocycles. The summed E-state index contributed by atoms with van der Waals surface area (Å²) < 4.78 is 9.95. The molecule has 0 fully saturated rings. The zero-order valence-corrected chi connectivity index (χ0v) is 12.7. The van der Waals surface area contributed by atoms with Gasteiger partial charge in [0.1, 0.15) is 0 Å². The van der Waals surface area contributed by atoms with Crippen LogP contribution in [0.1, 0.15) is 46.0 Å². The second-order valence-corrected chi connectivity index (χ2v) is 4.74. The molecule has 0 rings (SSSR count).